The van der Waals surface area contributed by atoms with Crippen LogP contribution in [0.1, 0.15) is 47.9 Å². The van der Waals surface area contributed by atoms with E-state index in [9.17, 15) is 9.18 Å². The largest absolute Gasteiger partial charge is 0.344 e. The lowest BCUT2D eigenvalue weighted by atomic mass is 10.1. The Morgan fingerprint density at radius 2 is 2.12 bits per heavy atom. The van der Waals surface area contributed by atoms with Crippen LogP contribution in [0.2, 0.25) is 10.0 Å². The quantitative estimate of drug-likeness (QED) is 0.792. The summed E-state index contributed by atoms with van der Waals surface area (Å²) in [5.41, 5.74) is 0.538. The van der Waals surface area contributed by atoms with E-state index in [-0.39, 0.29) is 21.8 Å². The van der Waals surface area contributed by atoms with Crippen LogP contribution in [0.25, 0.3) is 0 Å². The van der Waals surface area contributed by atoms with Crippen molar-refractivity contribution in [3.8, 4) is 0 Å². The predicted octanol–water partition coefficient (Wildman–Crippen LogP) is 3.14. The van der Waals surface area contributed by atoms with Crippen LogP contribution in [0.3, 0.4) is 0 Å². The van der Waals surface area contributed by atoms with Gasteiger partial charge in [-0.3, -0.25) is 4.79 Å². The molecule has 1 aromatic carbocycles. The number of hydrogen-bond acceptors (Lipinski definition) is 4. The zero-order valence-corrected chi connectivity index (χ0v) is 15.1. The number of carbonyl (C=O) groups is 1. The number of benzene rings is 1. The summed E-state index contributed by atoms with van der Waals surface area (Å²) in [6.07, 6.45) is 3.51. The molecule has 0 radical (unpaired) electrons. The van der Waals surface area contributed by atoms with E-state index < -0.39 is 17.8 Å². The molecule has 1 atom stereocenters. The molecule has 6 nitrogen and oxygen atoms in total. The van der Waals surface area contributed by atoms with Crippen LogP contribution in [0, 0.1) is 5.82 Å². The third kappa shape index (κ3) is 3.94. The van der Waals surface area contributed by atoms with Crippen molar-refractivity contribution in [3.63, 3.8) is 0 Å². The third-order valence-electron chi connectivity index (χ3n) is 4.29. The number of aromatic nitrogens is 3. The molecule has 0 bridgehead atoms. The van der Waals surface area contributed by atoms with Crippen LogP contribution in [0.4, 0.5) is 4.39 Å². The summed E-state index contributed by atoms with van der Waals surface area (Å²) in [5, 5.41) is 14.2. The van der Waals surface area contributed by atoms with Gasteiger partial charge in [-0.05, 0) is 45.0 Å². The maximum absolute atomic E-state index is 13.7. The summed E-state index contributed by atoms with van der Waals surface area (Å²) in [6.45, 7) is 3.51. The lowest BCUT2D eigenvalue weighted by Crippen LogP contribution is -2.29. The molecule has 9 heteroatoms. The monoisotopic (exact) mass is 385 g/mol. The summed E-state index contributed by atoms with van der Waals surface area (Å²) in [5.74, 6) is -0.997. The normalized spacial score (nSPS) is 16.6. The van der Waals surface area contributed by atoms with Gasteiger partial charge in [-0.1, -0.05) is 28.4 Å². The second-order valence-electron chi connectivity index (χ2n) is 6.02. The van der Waals surface area contributed by atoms with Gasteiger partial charge in [0.15, 0.2) is 5.69 Å². The molecule has 0 spiro atoms. The lowest BCUT2D eigenvalue weighted by molar-refractivity contribution is 0.0934. The first kappa shape index (κ1) is 18.1. The summed E-state index contributed by atoms with van der Waals surface area (Å²) in [6, 6.07) is 2.26. The van der Waals surface area contributed by atoms with Gasteiger partial charge in [0.1, 0.15) is 5.82 Å². The van der Waals surface area contributed by atoms with Gasteiger partial charge in [0.05, 0.1) is 23.3 Å². The predicted molar refractivity (Wildman–Crippen MR) is 93.5 cm³/mol. The van der Waals surface area contributed by atoms with Crippen LogP contribution in [0.15, 0.2) is 18.3 Å². The lowest BCUT2D eigenvalue weighted by Gasteiger charge is -2.22. The summed E-state index contributed by atoms with van der Waals surface area (Å²) < 4.78 is 15.4. The van der Waals surface area contributed by atoms with Crippen LogP contribution < -0.4 is 10.6 Å². The van der Waals surface area contributed by atoms with E-state index in [1.165, 1.54) is 12.1 Å². The summed E-state index contributed by atoms with van der Waals surface area (Å²) in [4.78, 5) is 12.4. The molecule has 2 aromatic rings. The number of hydrogen-bond donors (Lipinski definition) is 2. The maximum Gasteiger partial charge on any atom is 0.273 e. The Morgan fingerprint density at radius 1 is 1.40 bits per heavy atom. The van der Waals surface area contributed by atoms with Gasteiger partial charge in [0, 0.05) is 10.6 Å². The molecule has 1 aliphatic rings. The van der Waals surface area contributed by atoms with Gasteiger partial charge in [-0.15, -0.1) is 5.10 Å². The van der Waals surface area contributed by atoms with E-state index in [0.717, 1.165) is 25.9 Å². The molecule has 1 amide bonds. The average Bonchev–Trinajstić information content (AvgIpc) is 3.09. The van der Waals surface area contributed by atoms with Crippen molar-refractivity contribution in [1.82, 2.24) is 25.6 Å². The third-order valence-corrected chi connectivity index (χ3v) is 5.00. The number of nitrogens with zero attached hydrogens (tertiary/aromatic N) is 3. The molecule has 0 saturated carbocycles. The molecule has 2 heterocycles. The molecule has 25 heavy (non-hydrogen) atoms. The molecule has 0 aliphatic carbocycles. The van der Waals surface area contributed by atoms with Gasteiger partial charge >= 0.3 is 0 Å². The first-order chi connectivity index (χ1) is 12.0. The molecule has 2 N–H and O–H groups in total. The molecule has 3 rings (SSSR count). The van der Waals surface area contributed by atoms with E-state index in [2.05, 4.69) is 20.9 Å². The molecule has 1 aromatic heterocycles. The highest BCUT2D eigenvalue weighted by Crippen LogP contribution is 2.32. The number of rotatable bonds is 4. The topological polar surface area (TPSA) is 71.8 Å². The fourth-order valence-corrected chi connectivity index (χ4v) is 3.61. The summed E-state index contributed by atoms with van der Waals surface area (Å²) in [7, 11) is 0. The number of piperidine rings is 1. The molecule has 1 saturated heterocycles. The SMILES string of the molecule is CC(NC(=O)c1cn(C2CCNCC2)nn1)c1c(Cl)ccc(F)c1Cl. The second-order valence-corrected chi connectivity index (χ2v) is 6.80. The Labute approximate surface area is 154 Å². The Morgan fingerprint density at radius 3 is 2.84 bits per heavy atom. The van der Waals surface area contributed by atoms with Crippen LogP contribution >= 0.6 is 23.2 Å². The smallest absolute Gasteiger partial charge is 0.273 e. The van der Waals surface area contributed by atoms with Gasteiger partial charge in [0.25, 0.3) is 5.91 Å². The molecule has 1 unspecified atom stereocenters. The van der Waals surface area contributed by atoms with Crippen LogP contribution in [-0.4, -0.2) is 34.0 Å². The highest BCUT2D eigenvalue weighted by molar-refractivity contribution is 6.36. The number of carbonyl (C=O) groups excluding carboxylic acids is 1. The zero-order valence-electron chi connectivity index (χ0n) is 13.6. The second kappa shape index (κ2) is 7.68. The van der Waals surface area contributed by atoms with E-state index >= 15 is 0 Å². The molecule has 1 aliphatic heterocycles. The fraction of sp³-hybridized carbons (Fsp3) is 0.438. The minimum Gasteiger partial charge on any atom is -0.344 e. The van der Waals surface area contributed by atoms with Gasteiger partial charge < -0.3 is 10.6 Å². The van der Waals surface area contributed by atoms with E-state index in [1.807, 2.05) is 0 Å². The Kier molecular flexibility index (Phi) is 5.56. The van der Waals surface area contributed by atoms with Crippen molar-refractivity contribution in [2.45, 2.75) is 31.8 Å². The Hall–Kier alpha value is -1.70. The molecular formula is C16H18Cl2FN5O. The van der Waals surface area contributed by atoms with Crippen LogP contribution in [0.5, 0.6) is 0 Å². The van der Waals surface area contributed by atoms with E-state index in [4.69, 9.17) is 23.2 Å². The number of halogens is 3. The average molecular weight is 386 g/mol. The number of amides is 1. The highest BCUT2D eigenvalue weighted by atomic mass is 35.5. The standard InChI is InChI=1S/C16H18Cl2FN5O/c1-9(14-11(17)2-3-12(19)15(14)18)21-16(25)13-8-24(23-22-13)10-4-6-20-7-5-10/h2-3,8-10,20H,4-7H2,1H3,(H,21,25). The van der Waals surface area contributed by atoms with Gasteiger partial charge in [-0.2, -0.15) is 0 Å². The zero-order chi connectivity index (χ0) is 18.0. The molecular weight excluding hydrogens is 368 g/mol. The summed E-state index contributed by atoms with van der Waals surface area (Å²) >= 11 is 12.1. The molecule has 134 valence electrons. The van der Waals surface area contributed by atoms with Gasteiger partial charge in [-0.25, -0.2) is 9.07 Å². The first-order valence-corrected chi connectivity index (χ1v) is 8.79. The fourth-order valence-electron chi connectivity index (χ4n) is 2.91. The van der Waals surface area contributed by atoms with E-state index in [0.29, 0.717) is 5.56 Å². The van der Waals surface area contributed by atoms with Crippen molar-refractivity contribution in [2.24, 2.45) is 0 Å². The minimum absolute atomic E-state index is 0.0985. The first-order valence-electron chi connectivity index (χ1n) is 8.04. The van der Waals surface area contributed by atoms with Crippen molar-refractivity contribution < 1.29 is 9.18 Å². The highest BCUT2D eigenvalue weighted by Gasteiger charge is 2.22. The van der Waals surface area contributed by atoms with E-state index in [1.54, 1.807) is 17.8 Å². The minimum atomic E-state index is -0.584. The Balaban J connectivity index is 1.72. The maximum atomic E-state index is 13.7. The van der Waals surface area contributed by atoms with Crippen molar-refractivity contribution in [2.75, 3.05) is 13.1 Å². The van der Waals surface area contributed by atoms with Crippen molar-refractivity contribution in [3.05, 3.63) is 45.4 Å². The molecule has 1 fully saturated rings. The number of nitrogens with one attached hydrogen (secondary N) is 2. The van der Waals surface area contributed by atoms with Crippen LogP contribution in [-0.2, 0) is 0 Å². The van der Waals surface area contributed by atoms with Crippen molar-refractivity contribution in [1.29, 1.82) is 0 Å². The van der Waals surface area contributed by atoms with Gasteiger partial charge in [0.2, 0.25) is 0 Å². The van der Waals surface area contributed by atoms with Crippen molar-refractivity contribution >= 4 is 29.1 Å². The Bertz CT molecular complexity index is 776.